The van der Waals surface area contributed by atoms with Gasteiger partial charge in [0.25, 0.3) is 0 Å². The topological polar surface area (TPSA) is 31.4 Å². The van der Waals surface area contributed by atoms with Crippen LogP contribution in [0.5, 0.6) is 17.4 Å². The third-order valence-electron chi connectivity index (χ3n) is 2.50. The van der Waals surface area contributed by atoms with Gasteiger partial charge in [-0.25, -0.2) is 4.98 Å². The summed E-state index contributed by atoms with van der Waals surface area (Å²) in [5.41, 5.74) is 1.29. The Hall–Kier alpha value is -2.03. The highest BCUT2D eigenvalue weighted by atomic mass is 16.5. The predicted molar refractivity (Wildman–Crippen MR) is 66.7 cm³/mol. The maximum Gasteiger partial charge on any atom is 0.219 e. The molecule has 0 N–H and O–H groups in total. The molecule has 0 aliphatic carbocycles. The second-order valence-corrected chi connectivity index (χ2v) is 3.64. The summed E-state index contributed by atoms with van der Waals surface area (Å²) in [5.74, 6) is 2.08. The van der Waals surface area contributed by atoms with Crippen molar-refractivity contribution in [1.29, 1.82) is 0 Å². The van der Waals surface area contributed by atoms with Crippen molar-refractivity contribution in [3.05, 3.63) is 48.2 Å². The van der Waals surface area contributed by atoms with Crippen LogP contribution in [0, 0.1) is 0 Å². The van der Waals surface area contributed by atoms with Crippen LogP contribution in [0.4, 0.5) is 0 Å². The van der Waals surface area contributed by atoms with E-state index in [2.05, 4.69) is 24.0 Å². The van der Waals surface area contributed by atoms with Crippen molar-refractivity contribution in [2.45, 2.75) is 13.3 Å². The molecule has 0 unspecified atom stereocenters. The Labute approximate surface area is 101 Å². The number of pyridine rings is 1. The lowest BCUT2D eigenvalue weighted by Crippen LogP contribution is -1.89. The van der Waals surface area contributed by atoms with Crippen LogP contribution in [0.1, 0.15) is 12.5 Å². The first-order chi connectivity index (χ1) is 8.31. The van der Waals surface area contributed by atoms with Crippen LogP contribution in [0.15, 0.2) is 42.6 Å². The third-order valence-corrected chi connectivity index (χ3v) is 2.50. The number of ether oxygens (including phenoxy) is 2. The molecule has 88 valence electrons. The molecule has 17 heavy (non-hydrogen) atoms. The van der Waals surface area contributed by atoms with E-state index in [0.29, 0.717) is 5.88 Å². The standard InChI is InChI=1S/C14H15NO2/c1-3-11-4-6-12(7-5-11)17-14-9-8-13(16-2)10-15-14/h4-10H,3H2,1-2H3. The minimum absolute atomic E-state index is 0.565. The van der Waals surface area contributed by atoms with Crippen LogP contribution < -0.4 is 9.47 Å². The van der Waals surface area contributed by atoms with Gasteiger partial charge >= 0.3 is 0 Å². The molecule has 3 heteroatoms. The smallest absolute Gasteiger partial charge is 0.219 e. The van der Waals surface area contributed by atoms with Crippen molar-refractivity contribution in [3.63, 3.8) is 0 Å². The van der Waals surface area contributed by atoms with E-state index in [1.807, 2.05) is 18.2 Å². The van der Waals surface area contributed by atoms with Crippen molar-refractivity contribution in [2.24, 2.45) is 0 Å². The summed E-state index contributed by atoms with van der Waals surface area (Å²) in [7, 11) is 1.61. The minimum Gasteiger partial charge on any atom is -0.495 e. The summed E-state index contributed by atoms with van der Waals surface area (Å²) >= 11 is 0. The minimum atomic E-state index is 0.565. The Bertz CT molecular complexity index is 417. The second kappa shape index (κ2) is 5.34. The maximum atomic E-state index is 5.61. The zero-order chi connectivity index (χ0) is 12.1. The molecule has 1 aromatic heterocycles. The molecule has 2 rings (SSSR count). The van der Waals surface area contributed by atoms with E-state index in [1.54, 1.807) is 19.4 Å². The molecular weight excluding hydrogens is 214 g/mol. The van der Waals surface area contributed by atoms with Gasteiger partial charge in [0.05, 0.1) is 13.3 Å². The van der Waals surface area contributed by atoms with Gasteiger partial charge in [0.2, 0.25) is 5.88 Å². The van der Waals surface area contributed by atoms with Crippen LogP contribution >= 0.6 is 0 Å². The normalized spacial score (nSPS) is 10.0. The Morgan fingerprint density at radius 2 is 1.71 bits per heavy atom. The zero-order valence-corrected chi connectivity index (χ0v) is 10.0. The van der Waals surface area contributed by atoms with Crippen LogP contribution in [0.3, 0.4) is 0 Å². The molecule has 0 atom stereocenters. The molecule has 0 saturated carbocycles. The number of nitrogens with zero attached hydrogens (tertiary/aromatic N) is 1. The number of hydrogen-bond acceptors (Lipinski definition) is 3. The number of aryl methyl sites for hydroxylation is 1. The highest BCUT2D eigenvalue weighted by molar-refractivity contribution is 5.31. The van der Waals surface area contributed by atoms with Gasteiger partial charge in [-0.05, 0) is 30.2 Å². The maximum absolute atomic E-state index is 5.61. The van der Waals surface area contributed by atoms with Gasteiger partial charge in [0.1, 0.15) is 11.5 Å². The first-order valence-corrected chi connectivity index (χ1v) is 5.58. The van der Waals surface area contributed by atoms with Crippen molar-refractivity contribution in [2.75, 3.05) is 7.11 Å². The van der Waals surface area contributed by atoms with E-state index in [9.17, 15) is 0 Å². The fraction of sp³-hybridized carbons (Fsp3) is 0.214. The van der Waals surface area contributed by atoms with Gasteiger partial charge in [-0.15, -0.1) is 0 Å². The predicted octanol–water partition coefficient (Wildman–Crippen LogP) is 3.44. The van der Waals surface area contributed by atoms with Crippen LogP contribution in [-0.4, -0.2) is 12.1 Å². The van der Waals surface area contributed by atoms with Crippen LogP contribution in [0.2, 0.25) is 0 Å². The average Bonchev–Trinajstić information content (AvgIpc) is 2.40. The number of rotatable bonds is 4. The lowest BCUT2D eigenvalue weighted by atomic mass is 10.2. The SMILES string of the molecule is CCc1ccc(Oc2ccc(OC)cn2)cc1. The van der Waals surface area contributed by atoms with Crippen molar-refractivity contribution in [1.82, 2.24) is 4.98 Å². The molecule has 0 bridgehead atoms. The number of aromatic nitrogens is 1. The molecule has 0 aliphatic heterocycles. The van der Waals surface area contributed by atoms with Crippen molar-refractivity contribution < 1.29 is 9.47 Å². The Morgan fingerprint density at radius 1 is 1.00 bits per heavy atom. The van der Waals surface area contributed by atoms with Crippen LogP contribution in [-0.2, 0) is 6.42 Å². The molecular formula is C14H15NO2. The van der Waals surface area contributed by atoms with Gasteiger partial charge in [-0.3, -0.25) is 0 Å². The molecule has 0 saturated heterocycles. The Morgan fingerprint density at radius 3 is 2.24 bits per heavy atom. The fourth-order valence-electron chi connectivity index (χ4n) is 1.46. The highest BCUT2D eigenvalue weighted by Gasteiger charge is 1.99. The quantitative estimate of drug-likeness (QED) is 0.804. The van der Waals surface area contributed by atoms with E-state index in [1.165, 1.54) is 5.56 Å². The third kappa shape index (κ3) is 2.97. The summed E-state index contributed by atoms with van der Waals surface area (Å²) in [4.78, 5) is 4.14. The lowest BCUT2D eigenvalue weighted by Gasteiger charge is -2.06. The van der Waals surface area contributed by atoms with E-state index in [0.717, 1.165) is 17.9 Å². The number of benzene rings is 1. The molecule has 1 aromatic carbocycles. The summed E-state index contributed by atoms with van der Waals surface area (Å²) in [6.45, 7) is 2.13. The molecule has 0 spiro atoms. The van der Waals surface area contributed by atoms with Gasteiger partial charge < -0.3 is 9.47 Å². The largest absolute Gasteiger partial charge is 0.495 e. The lowest BCUT2D eigenvalue weighted by molar-refractivity contribution is 0.408. The van der Waals surface area contributed by atoms with Gasteiger partial charge in [0, 0.05) is 6.07 Å². The van der Waals surface area contributed by atoms with Crippen molar-refractivity contribution in [3.8, 4) is 17.4 Å². The summed E-state index contributed by atoms with van der Waals surface area (Å²) in [5, 5.41) is 0. The van der Waals surface area contributed by atoms with Gasteiger partial charge in [-0.2, -0.15) is 0 Å². The zero-order valence-electron chi connectivity index (χ0n) is 10.0. The Balaban J connectivity index is 2.08. The molecule has 0 radical (unpaired) electrons. The number of methoxy groups -OCH3 is 1. The summed E-state index contributed by atoms with van der Waals surface area (Å²) < 4.78 is 10.6. The van der Waals surface area contributed by atoms with Crippen LogP contribution in [0.25, 0.3) is 0 Å². The first-order valence-electron chi connectivity index (χ1n) is 5.58. The molecule has 0 fully saturated rings. The van der Waals surface area contributed by atoms with Gasteiger partial charge in [-0.1, -0.05) is 19.1 Å². The highest BCUT2D eigenvalue weighted by Crippen LogP contribution is 2.21. The Kier molecular flexibility index (Phi) is 3.60. The van der Waals surface area contributed by atoms with Gasteiger partial charge in [0.15, 0.2) is 0 Å². The van der Waals surface area contributed by atoms with E-state index in [-0.39, 0.29) is 0 Å². The van der Waals surface area contributed by atoms with E-state index >= 15 is 0 Å². The monoisotopic (exact) mass is 229 g/mol. The summed E-state index contributed by atoms with van der Waals surface area (Å²) in [6, 6.07) is 11.6. The molecule has 1 heterocycles. The first kappa shape index (κ1) is 11.5. The molecule has 2 aromatic rings. The molecule has 0 aliphatic rings. The average molecular weight is 229 g/mol. The fourth-order valence-corrected chi connectivity index (χ4v) is 1.46. The van der Waals surface area contributed by atoms with E-state index in [4.69, 9.17) is 9.47 Å². The molecule has 3 nitrogen and oxygen atoms in total. The van der Waals surface area contributed by atoms with Crippen molar-refractivity contribution >= 4 is 0 Å². The van der Waals surface area contributed by atoms with E-state index < -0.39 is 0 Å². The number of hydrogen-bond donors (Lipinski definition) is 0. The molecule has 0 amide bonds. The second-order valence-electron chi connectivity index (χ2n) is 3.64. The summed E-state index contributed by atoms with van der Waals surface area (Å²) in [6.07, 6.45) is 2.66.